The Bertz CT molecular complexity index is 184. The summed E-state index contributed by atoms with van der Waals surface area (Å²) >= 11 is 0. The van der Waals surface area contributed by atoms with Crippen molar-refractivity contribution in [1.29, 1.82) is 0 Å². The van der Waals surface area contributed by atoms with E-state index in [1.54, 1.807) is 0 Å². The van der Waals surface area contributed by atoms with E-state index in [0.29, 0.717) is 16.9 Å². The van der Waals surface area contributed by atoms with E-state index in [9.17, 15) is 0 Å². The van der Waals surface area contributed by atoms with E-state index in [1.807, 2.05) is 0 Å². The normalized spacial score (nSPS) is 34.2. The zero-order valence-electron chi connectivity index (χ0n) is 11.4. The van der Waals surface area contributed by atoms with Gasteiger partial charge in [-0.25, -0.2) is 0 Å². The van der Waals surface area contributed by atoms with Crippen LogP contribution in [0.25, 0.3) is 0 Å². The summed E-state index contributed by atoms with van der Waals surface area (Å²) < 4.78 is 0. The second-order valence-electron chi connectivity index (χ2n) is 7.59. The van der Waals surface area contributed by atoms with Gasteiger partial charge in [0.2, 0.25) is 0 Å². The van der Waals surface area contributed by atoms with E-state index in [0.717, 1.165) is 11.8 Å². The fraction of sp³-hybridized carbons (Fsp3) is 1.00. The molecule has 0 aromatic heterocycles. The highest BCUT2D eigenvalue weighted by Crippen LogP contribution is 2.45. The molecular weight excluding hydrogens is 182 g/mol. The first kappa shape index (κ1) is 13.0. The van der Waals surface area contributed by atoms with Crippen molar-refractivity contribution in [2.75, 3.05) is 0 Å². The fourth-order valence-electron chi connectivity index (χ4n) is 2.78. The van der Waals surface area contributed by atoms with Gasteiger partial charge in [0, 0.05) is 6.04 Å². The highest BCUT2D eigenvalue weighted by molar-refractivity contribution is 4.90. The Kier molecular flexibility index (Phi) is 3.55. The lowest BCUT2D eigenvalue weighted by Crippen LogP contribution is -2.41. The molecule has 1 nitrogen and oxygen atoms in total. The summed E-state index contributed by atoms with van der Waals surface area (Å²) in [6.45, 7) is 14.1. The molecule has 0 aromatic rings. The molecule has 1 rings (SSSR count). The first-order valence-corrected chi connectivity index (χ1v) is 6.36. The third kappa shape index (κ3) is 3.48. The molecule has 90 valence electrons. The summed E-state index contributed by atoms with van der Waals surface area (Å²) in [7, 11) is 0. The number of hydrogen-bond acceptors (Lipinski definition) is 1. The summed E-state index contributed by atoms with van der Waals surface area (Å²) in [6.07, 6.45) is 3.80. The van der Waals surface area contributed by atoms with Gasteiger partial charge in [0.25, 0.3) is 0 Å². The predicted molar refractivity (Wildman–Crippen MR) is 67.7 cm³/mol. The van der Waals surface area contributed by atoms with Gasteiger partial charge in [-0.1, -0.05) is 41.5 Å². The molecule has 0 bridgehead atoms. The SMILES string of the molecule is CC(C)(C)C1CC(N)CC(C(C)(C)C)C1. The molecular formula is C14H29N. The van der Waals surface area contributed by atoms with Crippen LogP contribution < -0.4 is 5.73 Å². The molecule has 2 unspecified atom stereocenters. The Morgan fingerprint density at radius 1 is 0.733 bits per heavy atom. The molecule has 0 spiro atoms. The Labute approximate surface area is 95.8 Å². The van der Waals surface area contributed by atoms with Gasteiger partial charge in [-0.2, -0.15) is 0 Å². The third-order valence-electron chi connectivity index (χ3n) is 4.19. The minimum Gasteiger partial charge on any atom is -0.328 e. The van der Waals surface area contributed by atoms with Gasteiger partial charge in [-0.15, -0.1) is 0 Å². The van der Waals surface area contributed by atoms with E-state index >= 15 is 0 Å². The smallest absolute Gasteiger partial charge is 0.00445 e. The molecule has 0 saturated heterocycles. The van der Waals surface area contributed by atoms with Crippen LogP contribution in [-0.4, -0.2) is 6.04 Å². The minimum atomic E-state index is 0.418. The van der Waals surface area contributed by atoms with E-state index in [1.165, 1.54) is 19.3 Å². The molecule has 1 fully saturated rings. The molecule has 0 aliphatic heterocycles. The summed E-state index contributed by atoms with van der Waals surface area (Å²) in [5.74, 6) is 1.59. The molecule has 15 heavy (non-hydrogen) atoms. The first-order chi connectivity index (χ1) is 6.60. The monoisotopic (exact) mass is 211 g/mol. The van der Waals surface area contributed by atoms with Gasteiger partial charge in [-0.3, -0.25) is 0 Å². The average molecular weight is 211 g/mol. The van der Waals surface area contributed by atoms with Crippen LogP contribution >= 0.6 is 0 Å². The van der Waals surface area contributed by atoms with Gasteiger partial charge in [0.1, 0.15) is 0 Å². The van der Waals surface area contributed by atoms with Crippen LogP contribution in [-0.2, 0) is 0 Å². The Morgan fingerprint density at radius 3 is 1.33 bits per heavy atom. The van der Waals surface area contributed by atoms with Crippen molar-refractivity contribution >= 4 is 0 Å². The predicted octanol–water partition coefficient (Wildman–Crippen LogP) is 3.82. The van der Waals surface area contributed by atoms with E-state index in [-0.39, 0.29) is 0 Å². The van der Waals surface area contributed by atoms with Crippen molar-refractivity contribution in [3.63, 3.8) is 0 Å². The minimum absolute atomic E-state index is 0.418. The molecule has 0 radical (unpaired) electrons. The lowest BCUT2D eigenvalue weighted by atomic mass is 9.62. The Hall–Kier alpha value is -0.0400. The number of rotatable bonds is 0. The zero-order chi connectivity index (χ0) is 11.9. The summed E-state index contributed by atoms with van der Waals surface area (Å²) in [5.41, 5.74) is 7.05. The van der Waals surface area contributed by atoms with Crippen LogP contribution in [0.3, 0.4) is 0 Å². The van der Waals surface area contributed by atoms with Gasteiger partial charge >= 0.3 is 0 Å². The number of nitrogens with two attached hydrogens (primary N) is 1. The number of hydrogen-bond donors (Lipinski definition) is 1. The van der Waals surface area contributed by atoms with Gasteiger partial charge in [-0.05, 0) is 41.9 Å². The summed E-state index contributed by atoms with van der Waals surface area (Å²) in [5, 5.41) is 0. The Morgan fingerprint density at radius 2 is 1.07 bits per heavy atom. The second-order valence-corrected chi connectivity index (χ2v) is 7.59. The lowest BCUT2D eigenvalue weighted by molar-refractivity contribution is 0.0717. The zero-order valence-corrected chi connectivity index (χ0v) is 11.4. The summed E-state index contributed by atoms with van der Waals surface area (Å²) in [6, 6.07) is 0.423. The van der Waals surface area contributed by atoms with Crippen molar-refractivity contribution < 1.29 is 0 Å². The summed E-state index contributed by atoms with van der Waals surface area (Å²) in [4.78, 5) is 0. The van der Waals surface area contributed by atoms with E-state index in [4.69, 9.17) is 5.73 Å². The topological polar surface area (TPSA) is 26.0 Å². The lowest BCUT2D eigenvalue weighted by Gasteiger charge is -2.45. The van der Waals surface area contributed by atoms with Crippen molar-refractivity contribution in [3.8, 4) is 0 Å². The first-order valence-electron chi connectivity index (χ1n) is 6.36. The van der Waals surface area contributed by atoms with Crippen LogP contribution in [0.5, 0.6) is 0 Å². The maximum Gasteiger partial charge on any atom is 0.00445 e. The van der Waals surface area contributed by atoms with E-state index < -0.39 is 0 Å². The van der Waals surface area contributed by atoms with E-state index in [2.05, 4.69) is 41.5 Å². The molecule has 1 heteroatoms. The highest BCUT2D eigenvalue weighted by Gasteiger charge is 2.38. The van der Waals surface area contributed by atoms with Gasteiger partial charge in [0.15, 0.2) is 0 Å². The molecule has 0 heterocycles. The van der Waals surface area contributed by atoms with Crippen LogP contribution in [0.4, 0.5) is 0 Å². The quantitative estimate of drug-likeness (QED) is 0.647. The molecule has 2 atom stereocenters. The van der Waals surface area contributed by atoms with Crippen LogP contribution in [0, 0.1) is 22.7 Å². The standard InChI is InChI=1S/C14H29N/c1-13(2,3)10-7-11(14(4,5)6)9-12(15)8-10/h10-12H,7-9,15H2,1-6H3. The molecule has 1 aliphatic carbocycles. The van der Waals surface area contributed by atoms with Gasteiger partial charge < -0.3 is 5.73 Å². The van der Waals surface area contributed by atoms with Crippen LogP contribution in [0.15, 0.2) is 0 Å². The van der Waals surface area contributed by atoms with Crippen LogP contribution in [0.1, 0.15) is 60.8 Å². The van der Waals surface area contributed by atoms with Crippen LogP contribution in [0.2, 0.25) is 0 Å². The molecule has 1 saturated carbocycles. The fourth-order valence-corrected chi connectivity index (χ4v) is 2.78. The second kappa shape index (κ2) is 4.08. The maximum absolute atomic E-state index is 6.21. The molecule has 1 aliphatic rings. The van der Waals surface area contributed by atoms with Gasteiger partial charge in [0.05, 0.1) is 0 Å². The maximum atomic E-state index is 6.21. The average Bonchev–Trinajstić information content (AvgIpc) is 1.99. The Balaban J connectivity index is 2.73. The van der Waals surface area contributed by atoms with Crippen molar-refractivity contribution in [3.05, 3.63) is 0 Å². The van der Waals surface area contributed by atoms with Crippen molar-refractivity contribution in [1.82, 2.24) is 0 Å². The molecule has 0 amide bonds. The molecule has 0 aromatic carbocycles. The largest absolute Gasteiger partial charge is 0.328 e. The van der Waals surface area contributed by atoms with Crippen molar-refractivity contribution in [2.45, 2.75) is 66.8 Å². The molecule has 2 N–H and O–H groups in total. The highest BCUT2D eigenvalue weighted by atomic mass is 14.7. The third-order valence-corrected chi connectivity index (χ3v) is 4.19. The van der Waals surface area contributed by atoms with Crippen molar-refractivity contribution in [2.24, 2.45) is 28.4 Å².